The summed E-state index contributed by atoms with van der Waals surface area (Å²) in [5, 5.41) is 3.27. The lowest BCUT2D eigenvalue weighted by Gasteiger charge is -2.22. The van der Waals surface area contributed by atoms with Gasteiger partial charge in [-0.2, -0.15) is 0 Å². The maximum atomic E-state index is 13.3. The Morgan fingerprint density at radius 2 is 1.97 bits per heavy atom. The highest BCUT2D eigenvalue weighted by atomic mass is 16.6. The Morgan fingerprint density at radius 3 is 2.61 bits per heavy atom. The minimum atomic E-state index is -0.629. The Balaban J connectivity index is 2.18. The normalized spacial score (nSPS) is 12.8. The number of nitrogens with two attached hydrogens (primary N) is 1. The van der Waals surface area contributed by atoms with Gasteiger partial charge in [-0.1, -0.05) is 6.07 Å². The van der Waals surface area contributed by atoms with Crippen LogP contribution in [0, 0.1) is 13.8 Å². The molecule has 0 bridgehead atoms. The number of benzene rings is 1. The highest BCUT2D eigenvalue weighted by Gasteiger charge is 2.23. The number of amides is 1. The van der Waals surface area contributed by atoms with Crippen molar-refractivity contribution in [3.8, 4) is 11.5 Å². The molecule has 0 saturated heterocycles. The number of pyridine rings is 1. The average Bonchev–Trinajstić information content (AvgIpc) is 2.71. The van der Waals surface area contributed by atoms with E-state index in [0.29, 0.717) is 44.9 Å². The second-order valence-electron chi connectivity index (χ2n) is 9.04. The molecule has 3 N–H and O–H groups in total. The zero-order chi connectivity index (χ0) is 24.5. The van der Waals surface area contributed by atoms with Crippen LogP contribution in [0.5, 0.6) is 0 Å². The number of carbonyl (C=O) groups excluding carboxylic acids is 1. The molecule has 0 spiro atoms. The second-order valence-corrected chi connectivity index (χ2v) is 9.04. The molecule has 33 heavy (non-hydrogen) atoms. The lowest BCUT2D eigenvalue weighted by molar-refractivity contribution is 0.0508. The third-order valence-corrected chi connectivity index (χ3v) is 5.03. The molecule has 8 heteroatoms. The number of aryl methyl sites for hydroxylation is 1. The van der Waals surface area contributed by atoms with Crippen molar-refractivity contribution in [3.05, 3.63) is 56.9 Å². The smallest absolute Gasteiger partial charge is 0.408 e. The topological polar surface area (TPSA) is 120 Å². The lowest BCUT2D eigenvalue weighted by Crippen LogP contribution is -2.34. The molecule has 174 valence electrons. The summed E-state index contributed by atoms with van der Waals surface area (Å²) in [7, 11) is 1.63. The van der Waals surface area contributed by atoms with Crippen LogP contribution in [0.1, 0.15) is 56.1 Å². The fourth-order valence-corrected chi connectivity index (χ4v) is 3.53. The van der Waals surface area contributed by atoms with Crippen molar-refractivity contribution in [1.29, 1.82) is 0 Å². The van der Waals surface area contributed by atoms with Gasteiger partial charge in [-0.3, -0.25) is 9.79 Å². The number of nitrogens with one attached hydrogen (secondary N) is 1. The number of nitrogen functional groups attached to an aromatic ring is 1. The molecule has 1 atom stereocenters. The van der Waals surface area contributed by atoms with E-state index in [1.807, 2.05) is 19.9 Å². The van der Waals surface area contributed by atoms with Gasteiger partial charge >= 0.3 is 6.09 Å². The van der Waals surface area contributed by atoms with Gasteiger partial charge in [0.2, 0.25) is 0 Å². The van der Waals surface area contributed by atoms with Crippen LogP contribution in [-0.2, 0) is 4.74 Å². The van der Waals surface area contributed by atoms with E-state index in [1.165, 1.54) is 0 Å². The quantitative estimate of drug-likeness (QED) is 0.557. The number of fused-ring (bicyclic) bond motifs is 1. The van der Waals surface area contributed by atoms with E-state index in [4.69, 9.17) is 14.9 Å². The van der Waals surface area contributed by atoms with E-state index in [1.54, 1.807) is 59.2 Å². The van der Waals surface area contributed by atoms with Crippen LogP contribution in [0.15, 0.2) is 38.5 Å². The molecule has 1 aromatic carbocycles. The van der Waals surface area contributed by atoms with Gasteiger partial charge in [-0.05, 0) is 65.3 Å². The molecular formula is C25H30N4O4. The fourth-order valence-electron chi connectivity index (χ4n) is 3.53. The highest BCUT2D eigenvalue weighted by molar-refractivity contribution is 5.87. The van der Waals surface area contributed by atoms with Crippen LogP contribution in [0.2, 0.25) is 0 Å². The minimum absolute atomic E-state index is 0.162. The number of aliphatic imine (C=N–C) groups is 1. The van der Waals surface area contributed by atoms with Crippen LogP contribution in [0.3, 0.4) is 0 Å². The fraction of sp³-hybridized carbons (Fsp3) is 0.360. The highest BCUT2D eigenvalue weighted by Crippen LogP contribution is 2.31. The number of anilines is 1. The Morgan fingerprint density at radius 1 is 1.27 bits per heavy atom. The summed E-state index contributed by atoms with van der Waals surface area (Å²) in [6.07, 6.45) is 0.998. The molecule has 3 aromatic rings. The summed E-state index contributed by atoms with van der Waals surface area (Å²) >= 11 is 0. The van der Waals surface area contributed by atoms with Crippen LogP contribution >= 0.6 is 0 Å². The van der Waals surface area contributed by atoms with E-state index in [9.17, 15) is 9.59 Å². The first-order valence-electron chi connectivity index (χ1n) is 10.7. The molecule has 0 fully saturated rings. The third kappa shape index (κ3) is 5.22. The molecule has 8 nitrogen and oxygen atoms in total. The number of nitrogens with zero attached hydrogens (tertiary/aromatic N) is 2. The van der Waals surface area contributed by atoms with Crippen molar-refractivity contribution >= 4 is 29.0 Å². The van der Waals surface area contributed by atoms with Gasteiger partial charge in [0, 0.05) is 24.4 Å². The molecule has 0 saturated carbocycles. The van der Waals surface area contributed by atoms with Gasteiger partial charge in [-0.15, -0.1) is 0 Å². The van der Waals surface area contributed by atoms with Gasteiger partial charge in [0.15, 0.2) is 11.2 Å². The first kappa shape index (κ1) is 24.0. The summed E-state index contributed by atoms with van der Waals surface area (Å²) in [6, 6.07) is 6.61. The summed E-state index contributed by atoms with van der Waals surface area (Å²) in [5.74, 6) is 0.341. The summed E-state index contributed by atoms with van der Waals surface area (Å²) in [4.78, 5) is 34.1. The zero-order valence-corrected chi connectivity index (χ0v) is 20.1. The van der Waals surface area contributed by atoms with Crippen molar-refractivity contribution < 1.29 is 13.9 Å². The number of hydrogen-bond acceptors (Lipinski definition) is 7. The maximum absolute atomic E-state index is 13.3. The van der Waals surface area contributed by atoms with E-state index in [2.05, 4.69) is 15.3 Å². The molecule has 0 aliphatic heterocycles. The Bertz CT molecular complexity index is 1300. The Kier molecular flexibility index (Phi) is 6.58. The molecule has 2 aromatic heterocycles. The molecule has 0 radical (unpaired) electrons. The molecule has 1 amide bonds. The molecular weight excluding hydrogens is 420 g/mol. The monoisotopic (exact) mass is 450 g/mol. The van der Waals surface area contributed by atoms with Crippen LogP contribution in [-0.4, -0.2) is 29.9 Å². The summed E-state index contributed by atoms with van der Waals surface area (Å²) < 4.78 is 11.7. The van der Waals surface area contributed by atoms with Crippen LogP contribution in [0.25, 0.3) is 22.4 Å². The van der Waals surface area contributed by atoms with E-state index in [-0.39, 0.29) is 5.43 Å². The number of ether oxygens (including phenoxy) is 1. The average molecular weight is 451 g/mol. The molecule has 0 aliphatic carbocycles. The van der Waals surface area contributed by atoms with Crippen molar-refractivity contribution in [2.75, 3.05) is 12.8 Å². The van der Waals surface area contributed by atoms with Crippen LogP contribution in [0.4, 0.5) is 10.5 Å². The van der Waals surface area contributed by atoms with E-state index >= 15 is 0 Å². The first-order chi connectivity index (χ1) is 15.4. The van der Waals surface area contributed by atoms with Gasteiger partial charge in [0.25, 0.3) is 0 Å². The zero-order valence-electron chi connectivity index (χ0n) is 20.1. The molecule has 0 aliphatic rings. The predicted octanol–water partition coefficient (Wildman–Crippen LogP) is 4.69. The molecule has 1 unspecified atom stereocenters. The Hall–Kier alpha value is -3.68. The second kappa shape index (κ2) is 9.05. The predicted molar refractivity (Wildman–Crippen MR) is 131 cm³/mol. The number of hydrogen-bond donors (Lipinski definition) is 2. The van der Waals surface area contributed by atoms with Crippen molar-refractivity contribution in [1.82, 2.24) is 10.3 Å². The number of alkyl carbamates (subject to hydrolysis) is 1. The number of carbonyl (C=O) groups is 1. The SMILES string of the molecule is CN=Cc1nc(-c2oc3c(C(C)NC(=O)OC(C)(C)C)cc(C)cc3c(=O)c2C)ccc1N. The van der Waals surface area contributed by atoms with E-state index in [0.717, 1.165) is 5.56 Å². The summed E-state index contributed by atoms with van der Waals surface area (Å²) in [5.41, 5.74) is 8.98. The number of aromatic nitrogens is 1. The van der Waals surface area contributed by atoms with Crippen molar-refractivity contribution in [2.24, 2.45) is 4.99 Å². The standard InChI is InChI=1S/C25H30N4O4/c1-13-10-16(15(3)28-24(31)33-25(4,5)6)23-17(11-13)21(30)14(2)22(32-23)19-9-8-18(26)20(29-19)12-27-7/h8-12,15H,26H2,1-7H3,(H,28,31). The van der Waals surface area contributed by atoms with Crippen molar-refractivity contribution in [2.45, 2.75) is 53.2 Å². The third-order valence-electron chi connectivity index (χ3n) is 5.03. The largest absolute Gasteiger partial charge is 0.454 e. The van der Waals surface area contributed by atoms with Crippen LogP contribution < -0.4 is 16.5 Å². The van der Waals surface area contributed by atoms with E-state index < -0.39 is 17.7 Å². The first-order valence-corrected chi connectivity index (χ1v) is 10.7. The van der Waals surface area contributed by atoms with Gasteiger partial charge in [0.05, 0.1) is 17.1 Å². The van der Waals surface area contributed by atoms with Crippen molar-refractivity contribution in [3.63, 3.8) is 0 Å². The van der Waals surface area contributed by atoms with Gasteiger partial charge < -0.3 is 20.2 Å². The molecule has 3 rings (SSSR count). The Labute approximate surface area is 192 Å². The minimum Gasteiger partial charge on any atom is -0.454 e. The lowest BCUT2D eigenvalue weighted by atomic mass is 9.99. The maximum Gasteiger partial charge on any atom is 0.408 e. The number of rotatable bonds is 4. The molecule has 2 heterocycles. The van der Waals surface area contributed by atoms with Gasteiger partial charge in [-0.25, -0.2) is 9.78 Å². The van der Waals surface area contributed by atoms with Gasteiger partial charge in [0.1, 0.15) is 22.6 Å². The summed E-state index contributed by atoms with van der Waals surface area (Å²) in [6.45, 7) is 10.8.